The molecule has 4 heteroatoms. The van der Waals surface area contributed by atoms with Crippen LogP contribution in [-0.4, -0.2) is 17.7 Å². The summed E-state index contributed by atoms with van der Waals surface area (Å²) in [5.41, 5.74) is 0.937. The van der Waals surface area contributed by atoms with E-state index in [-0.39, 0.29) is 5.57 Å². The highest BCUT2D eigenvalue weighted by Gasteiger charge is 2.20. The summed E-state index contributed by atoms with van der Waals surface area (Å²) >= 11 is 1.92. The second-order valence-electron chi connectivity index (χ2n) is 3.10. The van der Waals surface area contributed by atoms with Crippen LogP contribution in [0.3, 0.4) is 0 Å². The number of aliphatic hydroxyl groups is 1. The summed E-state index contributed by atoms with van der Waals surface area (Å²) in [6.07, 6.45) is -0.933. The van der Waals surface area contributed by atoms with Gasteiger partial charge in [0, 0.05) is 0 Å². The standard InChI is InChI=1S/C12H13IO3/c1-2-16-12(15)10(8-13)11(14)9-6-4-3-5-7-9/h3-8,11,14H,2H2,1H3. The Balaban J connectivity index is 2.87. The van der Waals surface area contributed by atoms with Gasteiger partial charge in [0.25, 0.3) is 0 Å². The number of carbonyl (C=O) groups excluding carboxylic acids is 1. The van der Waals surface area contributed by atoms with E-state index >= 15 is 0 Å². The molecule has 0 radical (unpaired) electrons. The molecule has 0 aromatic heterocycles. The smallest absolute Gasteiger partial charge is 0.337 e. The van der Waals surface area contributed by atoms with Crippen molar-refractivity contribution in [1.29, 1.82) is 0 Å². The first-order valence-corrected chi connectivity index (χ1v) is 6.15. The lowest BCUT2D eigenvalue weighted by Crippen LogP contribution is -2.14. The summed E-state index contributed by atoms with van der Waals surface area (Å²) in [4.78, 5) is 11.5. The Kier molecular flexibility index (Phi) is 5.48. The second-order valence-corrected chi connectivity index (χ2v) is 3.72. The van der Waals surface area contributed by atoms with E-state index in [4.69, 9.17) is 4.74 Å². The van der Waals surface area contributed by atoms with Crippen LogP contribution < -0.4 is 0 Å². The molecule has 0 bridgehead atoms. The van der Waals surface area contributed by atoms with E-state index in [1.165, 1.54) is 0 Å². The topological polar surface area (TPSA) is 46.5 Å². The lowest BCUT2D eigenvalue weighted by atomic mass is 10.0. The van der Waals surface area contributed by atoms with E-state index in [9.17, 15) is 9.90 Å². The van der Waals surface area contributed by atoms with Crippen molar-refractivity contribution in [3.05, 3.63) is 45.6 Å². The highest BCUT2D eigenvalue weighted by molar-refractivity contribution is 14.1. The van der Waals surface area contributed by atoms with Crippen molar-refractivity contribution >= 4 is 28.6 Å². The Morgan fingerprint density at radius 2 is 2.12 bits per heavy atom. The Morgan fingerprint density at radius 3 is 2.62 bits per heavy atom. The molecule has 16 heavy (non-hydrogen) atoms. The van der Waals surface area contributed by atoms with Gasteiger partial charge in [-0.25, -0.2) is 4.79 Å². The normalized spacial score (nSPS) is 13.3. The molecular formula is C12H13IO3. The Morgan fingerprint density at radius 1 is 1.50 bits per heavy atom. The molecule has 0 aliphatic rings. The first-order valence-electron chi connectivity index (χ1n) is 4.91. The molecule has 0 amide bonds. The second kappa shape index (κ2) is 6.65. The number of hydrogen-bond acceptors (Lipinski definition) is 3. The number of carbonyl (C=O) groups is 1. The fraction of sp³-hybridized carbons (Fsp3) is 0.250. The lowest BCUT2D eigenvalue weighted by molar-refractivity contribution is -0.139. The first-order chi connectivity index (χ1) is 7.70. The summed E-state index contributed by atoms with van der Waals surface area (Å²) in [5, 5.41) is 10.0. The number of hydrogen-bond donors (Lipinski definition) is 1. The van der Waals surface area contributed by atoms with Crippen LogP contribution in [0.4, 0.5) is 0 Å². The van der Waals surface area contributed by atoms with Gasteiger partial charge in [-0.05, 0) is 16.6 Å². The van der Waals surface area contributed by atoms with Crippen molar-refractivity contribution in [2.45, 2.75) is 13.0 Å². The highest BCUT2D eigenvalue weighted by Crippen LogP contribution is 2.23. The molecule has 1 aromatic rings. The largest absolute Gasteiger partial charge is 0.463 e. The maximum atomic E-state index is 11.5. The molecule has 86 valence electrons. The molecule has 0 heterocycles. The van der Waals surface area contributed by atoms with Gasteiger partial charge >= 0.3 is 5.97 Å². The number of benzene rings is 1. The molecule has 0 fully saturated rings. The van der Waals surface area contributed by atoms with Gasteiger partial charge in [0.05, 0.1) is 12.2 Å². The number of aliphatic hydroxyl groups excluding tert-OH is 1. The summed E-state index contributed by atoms with van der Waals surface area (Å²) in [7, 11) is 0. The van der Waals surface area contributed by atoms with Crippen molar-refractivity contribution in [1.82, 2.24) is 0 Å². The third-order valence-electron chi connectivity index (χ3n) is 2.04. The minimum atomic E-state index is -0.933. The van der Waals surface area contributed by atoms with Gasteiger partial charge in [0.15, 0.2) is 0 Å². The number of esters is 1. The Bertz CT molecular complexity index is 373. The van der Waals surface area contributed by atoms with Crippen molar-refractivity contribution in [3.63, 3.8) is 0 Å². The van der Waals surface area contributed by atoms with Crippen LogP contribution in [-0.2, 0) is 9.53 Å². The van der Waals surface area contributed by atoms with E-state index in [0.29, 0.717) is 12.2 Å². The molecular weight excluding hydrogens is 319 g/mol. The molecule has 1 atom stereocenters. The van der Waals surface area contributed by atoms with E-state index < -0.39 is 12.1 Å². The van der Waals surface area contributed by atoms with Crippen LogP contribution >= 0.6 is 22.6 Å². The van der Waals surface area contributed by atoms with Crippen LogP contribution in [0.5, 0.6) is 0 Å². The van der Waals surface area contributed by atoms with Crippen molar-refractivity contribution in [3.8, 4) is 0 Å². The van der Waals surface area contributed by atoms with Gasteiger partial charge < -0.3 is 9.84 Å². The van der Waals surface area contributed by atoms with Gasteiger partial charge in [0.2, 0.25) is 0 Å². The number of halogens is 1. The molecule has 0 spiro atoms. The Labute approximate surface area is 108 Å². The van der Waals surface area contributed by atoms with E-state index in [1.54, 1.807) is 23.1 Å². The fourth-order valence-electron chi connectivity index (χ4n) is 1.25. The van der Waals surface area contributed by atoms with Crippen LogP contribution in [0.1, 0.15) is 18.6 Å². The van der Waals surface area contributed by atoms with E-state index in [2.05, 4.69) is 0 Å². The fourth-order valence-corrected chi connectivity index (χ4v) is 1.84. The number of ether oxygens (including phenoxy) is 1. The predicted octanol–water partition coefficient (Wildman–Crippen LogP) is 2.60. The van der Waals surface area contributed by atoms with Gasteiger partial charge in [0.1, 0.15) is 6.10 Å². The monoisotopic (exact) mass is 332 g/mol. The average molecular weight is 332 g/mol. The molecule has 3 nitrogen and oxygen atoms in total. The zero-order valence-electron chi connectivity index (χ0n) is 8.89. The van der Waals surface area contributed by atoms with Gasteiger partial charge in [-0.2, -0.15) is 0 Å². The molecule has 1 rings (SSSR count). The van der Waals surface area contributed by atoms with E-state index in [0.717, 1.165) is 0 Å². The van der Waals surface area contributed by atoms with Crippen LogP contribution in [0.2, 0.25) is 0 Å². The van der Waals surface area contributed by atoms with Crippen molar-refractivity contribution in [2.75, 3.05) is 6.61 Å². The maximum absolute atomic E-state index is 11.5. The van der Waals surface area contributed by atoms with E-state index in [1.807, 2.05) is 40.8 Å². The molecule has 1 N–H and O–H groups in total. The SMILES string of the molecule is CCOC(=O)C(=CI)C(O)c1ccccc1. The summed E-state index contributed by atoms with van der Waals surface area (Å²) in [6.45, 7) is 2.03. The maximum Gasteiger partial charge on any atom is 0.337 e. The summed E-state index contributed by atoms with van der Waals surface area (Å²) in [5.74, 6) is -0.478. The Hall–Kier alpha value is -0.880. The lowest BCUT2D eigenvalue weighted by Gasteiger charge is -2.13. The van der Waals surface area contributed by atoms with Crippen LogP contribution in [0.25, 0.3) is 0 Å². The molecule has 0 aliphatic carbocycles. The zero-order valence-corrected chi connectivity index (χ0v) is 11.0. The molecule has 0 saturated heterocycles. The summed E-state index contributed by atoms with van der Waals surface area (Å²) in [6, 6.07) is 9.02. The third-order valence-corrected chi connectivity index (χ3v) is 2.71. The van der Waals surface area contributed by atoms with Crippen molar-refractivity contribution in [2.24, 2.45) is 0 Å². The average Bonchev–Trinajstić information content (AvgIpc) is 2.31. The molecule has 1 aromatic carbocycles. The van der Waals surface area contributed by atoms with Gasteiger partial charge in [-0.3, -0.25) is 0 Å². The van der Waals surface area contributed by atoms with Crippen LogP contribution in [0.15, 0.2) is 40.0 Å². The summed E-state index contributed by atoms with van der Waals surface area (Å²) < 4.78 is 6.41. The zero-order chi connectivity index (χ0) is 12.0. The minimum Gasteiger partial charge on any atom is -0.463 e. The third kappa shape index (κ3) is 3.31. The molecule has 0 saturated carbocycles. The number of rotatable bonds is 4. The van der Waals surface area contributed by atoms with Gasteiger partial charge in [-0.15, -0.1) is 0 Å². The highest BCUT2D eigenvalue weighted by atomic mass is 127. The predicted molar refractivity (Wildman–Crippen MR) is 70.1 cm³/mol. The van der Waals surface area contributed by atoms with Gasteiger partial charge in [-0.1, -0.05) is 52.9 Å². The molecule has 0 aliphatic heterocycles. The van der Waals surface area contributed by atoms with Crippen LogP contribution in [0, 0.1) is 0 Å². The first kappa shape index (κ1) is 13.2. The minimum absolute atomic E-state index is 0.258. The quantitative estimate of drug-likeness (QED) is 0.524. The molecule has 1 unspecified atom stereocenters. The van der Waals surface area contributed by atoms with Crippen molar-refractivity contribution < 1.29 is 14.6 Å².